The highest BCUT2D eigenvalue weighted by atomic mass is 16.5. The second kappa shape index (κ2) is 6.88. The van der Waals surface area contributed by atoms with E-state index in [0.29, 0.717) is 12.0 Å². The van der Waals surface area contributed by atoms with Gasteiger partial charge in [-0.05, 0) is 45.1 Å². The van der Waals surface area contributed by atoms with E-state index in [1.54, 1.807) is 0 Å². The van der Waals surface area contributed by atoms with Gasteiger partial charge in [0.2, 0.25) is 0 Å². The molecule has 0 aromatic rings. The van der Waals surface area contributed by atoms with Crippen molar-refractivity contribution < 1.29 is 4.74 Å². The van der Waals surface area contributed by atoms with Crippen molar-refractivity contribution in [1.82, 2.24) is 4.90 Å². The number of likely N-dealkylation sites (N-methyl/N-ethyl adjacent to an activating group) is 1. The van der Waals surface area contributed by atoms with Gasteiger partial charge in [-0.1, -0.05) is 13.3 Å². The minimum Gasteiger partial charge on any atom is -0.381 e. The molecule has 0 aromatic heterocycles. The molecular formula is C15H30N2O. The van der Waals surface area contributed by atoms with Gasteiger partial charge in [0.1, 0.15) is 0 Å². The highest BCUT2D eigenvalue weighted by Gasteiger charge is 2.27. The third-order valence-electron chi connectivity index (χ3n) is 5.09. The molecule has 0 bridgehead atoms. The molecule has 18 heavy (non-hydrogen) atoms. The van der Waals surface area contributed by atoms with Crippen LogP contribution in [0.1, 0.15) is 45.4 Å². The fourth-order valence-electron chi connectivity index (χ4n) is 3.51. The van der Waals surface area contributed by atoms with E-state index >= 15 is 0 Å². The van der Waals surface area contributed by atoms with Crippen LogP contribution in [0.4, 0.5) is 0 Å². The molecule has 106 valence electrons. The topological polar surface area (TPSA) is 38.5 Å². The number of ether oxygens (including phenoxy) is 1. The summed E-state index contributed by atoms with van der Waals surface area (Å²) >= 11 is 0. The molecule has 2 N–H and O–H groups in total. The van der Waals surface area contributed by atoms with Gasteiger partial charge in [0.25, 0.3) is 0 Å². The van der Waals surface area contributed by atoms with Crippen molar-refractivity contribution in [3.8, 4) is 0 Å². The average Bonchev–Trinajstić information content (AvgIpc) is 2.92. The van der Waals surface area contributed by atoms with Crippen molar-refractivity contribution in [1.29, 1.82) is 0 Å². The van der Waals surface area contributed by atoms with Crippen LogP contribution in [-0.4, -0.2) is 43.8 Å². The van der Waals surface area contributed by atoms with E-state index in [1.807, 2.05) is 0 Å². The number of hydrogen-bond donors (Lipinski definition) is 1. The van der Waals surface area contributed by atoms with Crippen LogP contribution >= 0.6 is 0 Å². The molecule has 1 saturated carbocycles. The Morgan fingerprint density at radius 2 is 1.94 bits per heavy atom. The molecule has 3 nitrogen and oxygen atoms in total. The normalized spacial score (nSPS) is 35.0. The Hall–Kier alpha value is -0.120. The summed E-state index contributed by atoms with van der Waals surface area (Å²) < 4.78 is 5.44. The maximum absolute atomic E-state index is 6.32. The van der Waals surface area contributed by atoms with E-state index in [1.165, 1.54) is 32.1 Å². The van der Waals surface area contributed by atoms with E-state index in [2.05, 4.69) is 18.9 Å². The molecular weight excluding hydrogens is 224 g/mol. The summed E-state index contributed by atoms with van der Waals surface area (Å²) in [4.78, 5) is 2.51. The lowest BCUT2D eigenvalue weighted by Crippen LogP contribution is -2.45. The molecule has 2 rings (SSSR count). The molecule has 0 radical (unpaired) electrons. The predicted octanol–water partition coefficient (Wildman–Crippen LogP) is 2.25. The van der Waals surface area contributed by atoms with Gasteiger partial charge in [0.05, 0.1) is 6.61 Å². The van der Waals surface area contributed by atoms with Crippen molar-refractivity contribution >= 4 is 0 Å². The summed E-state index contributed by atoms with van der Waals surface area (Å²) in [5, 5.41) is 0. The molecule has 1 aliphatic carbocycles. The lowest BCUT2D eigenvalue weighted by molar-refractivity contribution is 0.138. The zero-order valence-electron chi connectivity index (χ0n) is 12.1. The predicted molar refractivity (Wildman–Crippen MR) is 75.6 cm³/mol. The Bertz CT molecular complexity index is 233. The third-order valence-corrected chi connectivity index (χ3v) is 5.09. The van der Waals surface area contributed by atoms with Gasteiger partial charge < -0.3 is 15.4 Å². The van der Waals surface area contributed by atoms with Crippen LogP contribution in [-0.2, 0) is 4.74 Å². The second-order valence-electron chi connectivity index (χ2n) is 6.31. The van der Waals surface area contributed by atoms with Crippen LogP contribution in [0, 0.1) is 11.8 Å². The van der Waals surface area contributed by atoms with Gasteiger partial charge in [-0.15, -0.1) is 0 Å². The molecule has 0 amide bonds. The van der Waals surface area contributed by atoms with Gasteiger partial charge >= 0.3 is 0 Å². The summed E-state index contributed by atoms with van der Waals surface area (Å²) in [6.45, 7) is 5.14. The first-order valence-electron chi connectivity index (χ1n) is 7.74. The van der Waals surface area contributed by atoms with Crippen LogP contribution in [0.15, 0.2) is 0 Å². The van der Waals surface area contributed by atoms with Crippen molar-refractivity contribution in [2.45, 2.75) is 57.5 Å². The van der Waals surface area contributed by atoms with Crippen LogP contribution in [0.3, 0.4) is 0 Å². The van der Waals surface area contributed by atoms with Crippen molar-refractivity contribution in [3.63, 3.8) is 0 Å². The molecule has 1 heterocycles. The average molecular weight is 254 g/mol. The number of nitrogens with zero attached hydrogens (tertiary/aromatic N) is 1. The maximum Gasteiger partial charge on any atom is 0.0510 e. The summed E-state index contributed by atoms with van der Waals surface area (Å²) in [6, 6.07) is 1.06. The van der Waals surface area contributed by atoms with E-state index in [4.69, 9.17) is 10.5 Å². The molecule has 2 unspecified atom stereocenters. The Morgan fingerprint density at radius 3 is 2.50 bits per heavy atom. The maximum atomic E-state index is 6.32. The van der Waals surface area contributed by atoms with E-state index in [-0.39, 0.29) is 0 Å². The smallest absolute Gasteiger partial charge is 0.0510 e. The van der Waals surface area contributed by atoms with Crippen molar-refractivity contribution in [2.24, 2.45) is 17.6 Å². The minimum atomic E-state index is 0.293. The van der Waals surface area contributed by atoms with Crippen LogP contribution in [0.25, 0.3) is 0 Å². The van der Waals surface area contributed by atoms with E-state index < -0.39 is 0 Å². The largest absolute Gasteiger partial charge is 0.381 e. The van der Waals surface area contributed by atoms with Gasteiger partial charge in [0, 0.05) is 31.2 Å². The fourth-order valence-corrected chi connectivity index (χ4v) is 3.51. The molecule has 1 aliphatic heterocycles. The Kier molecular flexibility index (Phi) is 5.46. The lowest BCUT2D eigenvalue weighted by Gasteiger charge is -2.36. The van der Waals surface area contributed by atoms with Gasteiger partial charge in [-0.2, -0.15) is 0 Å². The highest BCUT2D eigenvalue weighted by Crippen LogP contribution is 2.29. The lowest BCUT2D eigenvalue weighted by atomic mass is 9.84. The number of hydrogen-bond acceptors (Lipinski definition) is 3. The highest BCUT2D eigenvalue weighted by molar-refractivity contribution is 4.83. The van der Waals surface area contributed by atoms with E-state index in [9.17, 15) is 0 Å². The van der Waals surface area contributed by atoms with Crippen molar-refractivity contribution in [3.05, 3.63) is 0 Å². The monoisotopic (exact) mass is 254 g/mol. The van der Waals surface area contributed by atoms with Crippen LogP contribution in [0.5, 0.6) is 0 Å². The second-order valence-corrected chi connectivity index (χ2v) is 6.31. The molecule has 0 aromatic carbocycles. The third kappa shape index (κ3) is 3.69. The van der Waals surface area contributed by atoms with Crippen LogP contribution < -0.4 is 5.73 Å². The SMILES string of the molecule is CCC1CCC(N(C)CC(N)C2CCOC2)CC1. The molecule has 3 heteroatoms. The van der Waals surface area contributed by atoms with Crippen LogP contribution in [0.2, 0.25) is 0 Å². The van der Waals surface area contributed by atoms with Gasteiger partial charge in [-0.3, -0.25) is 0 Å². The summed E-state index contributed by atoms with van der Waals surface area (Å²) in [6.07, 6.45) is 8.05. The number of nitrogens with two attached hydrogens (primary N) is 1. The Balaban J connectivity index is 1.72. The quantitative estimate of drug-likeness (QED) is 0.818. The van der Waals surface area contributed by atoms with Gasteiger partial charge in [0.15, 0.2) is 0 Å². The first-order valence-corrected chi connectivity index (χ1v) is 7.74. The summed E-state index contributed by atoms with van der Waals surface area (Å²) in [5.41, 5.74) is 6.32. The Morgan fingerprint density at radius 1 is 1.22 bits per heavy atom. The fraction of sp³-hybridized carbons (Fsp3) is 1.00. The molecule has 2 atom stereocenters. The standard InChI is InChI=1S/C15H30N2O/c1-3-12-4-6-14(7-5-12)17(2)10-15(16)13-8-9-18-11-13/h12-15H,3-11,16H2,1-2H3. The minimum absolute atomic E-state index is 0.293. The van der Waals surface area contributed by atoms with Gasteiger partial charge in [-0.25, -0.2) is 0 Å². The Labute approximate surface area is 112 Å². The molecule has 0 spiro atoms. The first-order chi connectivity index (χ1) is 8.70. The molecule has 1 saturated heterocycles. The first kappa shape index (κ1) is 14.3. The summed E-state index contributed by atoms with van der Waals surface area (Å²) in [7, 11) is 2.26. The zero-order valence-corrected chi connectivity index (χ0v) is 12.1. The molecule has 2 aliphatic rings. The summed E-state index contributed by atoms with van der Waals surface area (Å²) in [5.74, 6) is 1.56. The zero-order chi connectivity index (χ0) is 13.0. The molecule has 2 fully saturated rings. The van der Waals surface area contributed by atoms with Crippen molar-refractivity contribution in [2.75, 3.05) is 26.8 Å². The van der Waals surface area contributed by atoms with E-state index in [0.717, 1.165) is 38.1 Å². The number of rotatable bonds is 5.